The minimum Gasteiger partial charge on any atom is -0.353 e. The molecule has 1 N–H and O–H groups in total. The van der Waals surface area contributed by atoms with E-state index in [1.54, 1.807) is 0 Å². The molecule has 0 fully saturated rings. The van der Waals surface area contributed by atoms with E-state index in [2.05, 4.69) is 45.2 Å². The molecule has 0 aliphatic rings. The first-order valence-electron chi connectivity index (χ1n) is 10.2. The lowest BCUT2D eigenvalue weighted by Crippen LogP contribution is -2.37. The fraction of sp³-hybridized carbons (Fsp3) is 0.304. The Morgan fingerprint density at radius 2 is 1.80 bits per heavy atom. The van der Waals surface area contributed by atoms with Gasteiger partial charge in [0.05, 0.1) is 10.8 Å². The molecule has 4 aromatic rings. The quantitative estimate of drug-likeness (QED) is 0.449. The highest BCUT2D eigenvalue weighted by atomic mass is 32.2. The summed E-state index contributed by atoms with van der Waals surface area (Å²) in [4.78, 5) is 17.2. The predicted molar refractivity (Wildman–Crippen MR) is 122 cm³/mol. The van der Waals surface area contributed by atoms with E-state index in [1.807, 2.05) is 50.2 Å². The first-order valence-corrected chi connectivity index (χ1v) is 11.1. The molecule has 2 heterocycles. The third-order valence-electron chi connectivity index (χ3n) is 5.19. The average Bonchev–Trinajstić information content (AvgIpc) is 3.07. The van der Waals surface area contributed by atoms with Gasteiger partial charge in [0, 0.05) is 18.0 Å². The van der Waals surface area contributed by atoms with Crippen LogP contribution in [-0.2, 0) is 11.3 Å². The number of rotatable bonds is 7. The van der Waals surface area contributed by atoms with Crippen LogP contribution >= 0.6 is 11.8 Å². The van der Waals surface area contributed by atoms with Gasteiger partial charge in [-0.05, 0) is 31.9 Å². The molecular formula is C23H25N5OS. The molecule has 0 radical (unpaired) electrons. The Hall–Kier alpha value is -2.93. The maximum Gasteiger partial charge on any atom is 0.233 e. The minimum atomic E-state index is -0.301. The summed E-state index contributed by atoms with van der Waals surface area (Å²) in [6.07, 6.45) is 0.896. The Bertz CT molecular complexity index is 1170. The molecule has 1 amide bonds. The molecule has 0 bridgehead atoms. The van der Waals surface area contributed by atoms with Crippen LogP contribution in [0, 0.1) is 0 Å². The molecule has 2 aromatic carbocycles. The van der Waals surface area contributed by atoms with Gasteiger partial charge in [-0.15, -0.1) is 10.2 Å². The average molecular weight is 420 g/mol. The molecule has 0 aliphatic carbocycles. The van der Waals surface area contributed by atoms with Crippen LogP contribution in [0.15, 0.2) is 59.8 Å². The van der Waals surface area contributed by atoms with E-state index in [0.29, 0.717) is 11.7 Å². The van der Waals surface area contributed by atoms with Crippen LogP contribution in [0.1, 0.15) is 32.8 Å². The fourth-order valence-electron chi connectivity index (χ4n) is 3.34. The predicted octanol–water partition coefficient (Wildman–Crippen LogP) is 4.42. The summed E-state index contributed by atoms with van der Waals surface area (Å²) >= 11 is 1.33. The molecule has 0 spiro atoms. The van der Waals surface area contributed by atoms with Gasteiger partial charge in [0.15, 0.2) is 5.65 Å². The summed E-state index contributed by atoms with van der Waals surface area (Å²) in [7, 11) is 0. The lowest BCUT2D eigenvalue weighted by Gasteiger charge is -2.15. The highest BCUT2D eigenvalue weighted by molar-refractivity contribution is 8.00. The van der Waals surface area contributed by atoms with Crippen LogP contribution < -0.4 is 5.32 Å². The van der Waals surface area contributed by atoms with Crippen LogP contribution in [0.25, 0.3) is 22.1 Å². The van der Waals surface area contributed by atoms with Crippen molar-refractivity contribution in [3.63, 3.8) is 0 Å². The smallest absolute Gasteiger partial charge is 0.233 e. The Morgan fingerprint density at radius 1 is 1.07 bits per heavy atom. The number of thioether (sulfide) groups is 1. The van der Waals surface area contributed by atoms with Gasteiger partial charge in [-0.1, -0.05) is 67.2 Å². The van der Waals surface area contributed by atoms with Crippen LogP contribution in [-0.4, -0.2) is 36.9 Å². The van der Waals surface area contributed by atoms with Gasteiger partial charge in [0.2, 0.25) is 11.1 Å². The summed E-state index contributed by atoms with van der Waals surface area (Å²) < 4.78 is 2.17. The van der Waals surface area contributed by atoms with Gasteiger partial charge in [0.1, 0.15) is 5.52 Å². The van der Waals surface area contributed by atoms with E-state index in [-0.39, 0.29) is 17.2 Å². The molecule has 0 saturated carbocycles. The lowest BCUT2D eigenvalue weighted by atomic mass is 10.2. The second-order valence-corrected chi connectivity index (χ2v) is 8.74. The molecule has 0 saturated heterocycles. The maximum absolute atomic E-state index is 12.4. The van der Waals surface area contributed by atoms with Crippen molar-refractivity contribution in [1.29, 1.82) is 0 Å². The molecule has 6 nitrogen and oxygen atoms in total. The second kappa shape index (κ2) is 8.83. The van der Waals surface area contributed by atoms with Crippen molar-refractivity contribution in [3.05, 3.63) is 60.2 Å². The van der Waals surface area contributed by atoms with E-state index >= 15 is 0 Å². The molecule has 0 aliphatic heterocycles. The SMILES string of the molecule is CCC(C)NC(=O)C(C)Sc1nnc2c3ccccc3n(Cc3ccccc3)c2n1. The normalized spacial score (nSPS) is 13.4. The van der Waals surface area contributed by atoms with Gasteiger partial charge >= 0.3 is 0 Å². The molecule has 4 rings (SSSR count). The number of hydrogen-bond acceptors (Lipinski definition) is 5. The molecule has 154 valence electrons. The van der Waals surface area contributed by atoms with Crippen LogP contribution in [0.3, 0.4) is 0 Å². The minimum absolute atomic E-state index is 0.0112. The van der Waals surface area contributed by atoms with Crippen molar-refractivity contribution in [2.45, 2.75) is 50.2 Å². The number of para-hydroxylation sites is 1. The molecule has 2 aromatic heterocycles. The van der Waals surface area contributed by atoms with Crippen LogP contribution in [0.4, 0.5) is 0 Å². The van der Waals surface area contributed by atoms with Crippen molar-refractivity contribution in [2.24, 2.45) is 0 Å². The van der Waals surface area contributed by atoms with E-state index in [1.165, 1.54) is 17.3 Å². The van der Waals surface area contributed by atoms with Crippen molar-refractivity contribution < 1.29 is 4.79 Å². The number of benzene rings is 2. The highest BCUT2D eigenvalue weighted by Crippen LogP contribution is 2.29. The van der Waals surface area contributed by atoms with Gasteiger partial charge in [0.25, 0.3) is 0 Å². The summed E-state index contributed by atoms with van der Waals surface area (Å²) in [5.74, 6) is -0.0112. The maximum atomic E-state index is 12.4. The molecular weight excluding hydrogens is 394 g/mol. The first kappa shape index (κ1) is 20.3. The topological polar surface area (TPSA) is 72.7 Å². The van der Waals surface area contributed by atoms with Crippen molar-refractivity contribution >= 4 is 39.7 Å². The third kappa shape index (κ3) is 4.16. The summed E-state index contributed by atoms with van der Waals surface area (Å²) in [6.45, 7) is 6.61. The molecule has 30 heavy (non-hydrogen) atoms. The number of aromatic nitrogens is 4. The van der Waals surface area contributed by atoms with Crippen molar-refractivity contribution in [2.75, 3.05) is 0 Å². The second-order valence-electron chi connectivity index (χ2n) is 7.43. The zero-order valence-corrected chi connectivity index (χ0v) is 18.2. The van der Waals surface area contributed by atoms with Crippen molar-refractivity contribution in [1.82, 2.24) is 25.1 Å². The number of carbonyl (C=O) groups excluding carboxylic acids is 1. The van der Waals surface area contributed by atoms with Gasteiger partial charge in [-0.2, -0.15) is 0 Å². The van der Waals surface area contributed by atoms with Gasteiger partial charge in [-0.25, -0.2) is 4.98 Å². The molecule has 2 atom stereocenters. The Balaban J connectivity index is 1.70. The summed E-state index contributed by atoms with van der Waals surface area (Å²) in [6, 6.07) is 18.6. The van der Waals surface area contributed by atoms with E-state index in [4.69, 9.17) is 4.98 Å². The lowest BCUT2D eigenvalue weighted by molar-refractivity contribution is -0.120. The Kier molecular flexibility index (Phi) is 5.99. The highest BCUT2D eigenvalue weighted by Gasteiger charge is 2.20. The van der Waals surface area contributed by atoms with Gasteiger partial charge in [-0.3, -0.25) is 4.79 Å². The number of nitrogens with one attached hydrogen (secondary N) is 1. The van der Waals surface area contributed by atoms with Crippen LogP contribution in [0.5, 0.6) is 0 Å². The first-order chi connectivity index (χ1) is 14.6. The monoisotopic (exact) mass is 419 g/mol. The van der Waals surface area contributed by atoms with Gasteiger partial charge < -0.3 is 9.88 Å². The summed E-state index contributed by atoms with van der Waals surface area (Å²) in [5, 5.41) is 13.0. The number of fused-ring (bicyclic) bond motifs is 3. The summed E-state index contributed by atoms with van der Waals surface area (Å²) in [5.41, 5.74) is 3.83. The third-order valence-corrected chi connectivity index (χ3v) is 6.14. The largest absolute Gasteiger partial charge is 0.353 e. The van der Waals surface area contributed by atoms with Crippen LogP contribution in [0.2, 0.25) is 0 Å². The Labute approximate surface area is 180 Å². The molecule has 2 unspecified atom stereocenters. The van der Waals surface area contributed by atoms with E-state index < -0.39 is 0 Å². The number of amides is 1. The zero-order chi connectivity index (χ0) is 21.1. The standard InChI is InChI=1S/C23H25N5OS/c1-4-15(2)24-22(29)16(3)30-23-25-21-20(26-27-23)18-12-8-9-13-19(18)28(21)14-17-10-6-5-7-11-17/h5-13,15-16H,4,14H2,1-3H3,(H,24,29). The Morgan fingerprint density at radius 3 is 2.57 bits per heavy atom. The number of carbonyl (C=O) groups is 1. The number of hydrogen-bond donors (Lipinski definition) is 1. The van der Waals surface area contributed by atoms with Crippen molar-refractivity contribution in [3.8, 4) is 0 Å². The van der Waals surface area contributed by atoms with E-state index in [0.717, 1.165) is 28.5 Å². The molecule has 7 heteroatoms. The number of nitrogens with zero attached hydrogens (tertiary/aromatic N) is 4. The fourth-order valence-corrected chi connectivity index (χ4v) is 4.06. The zero-order valence-electron chi connectivity index (χ0n) is 17.4. The van der Waals surface area contributed by atoms with E-state index in [9.17, 15) is 4.79 Å².